The molecule has 0 spiro atoms. The van der Waals surface area contributed by atoms with Gasteiger partial charge in [-0.25, -0.2) is 13.2 Å². The first-order valence-electron chi connectivity index (χ1n) is 3.58. The number of hydrogen-bond acceptors (Lipinski definition) is 0. The Labute approximate surface area is 85.5 Å². The molecule has 0 aromatic heterocycles. The molecular weight excluding hydrogens is 246 g/mol. The molecule has 1 rings (SSSR count). The molecule has 0 aliphatic rings. The zero-order valence-corrected chi connectivity index (χ0v) is 7.63. The van der Waals surface area contributed by atoms with E-state index in [2.05, 4.69) is 0 Å². The van der Waals surface area contributed by atoms with Crippen LogP contribution in [0, 0.1) is 5.82 Å². The van der Waals surface area contributed by atoms with Crippen LogP contribution in [0.1, 0.15) is 17.6 Å². The SMILES string of the molecule is Fc1ccc(C(F)(F)F)c(Cl)c1C(F)F. The van der Waals surface area contributed by atoms with E-state index in [1.807, 2.05) is 0 Å². The highest BCUT2D eigenvalue weighted by atomic mass is 35.5. The Morgan fingerprint density at radius 1 is 1.13 bits per heavy atom. The summed E-state index contributed by atoms with van der Waals surface area (Å²) in [4.78, 5) is 0. The molecule has 84 valence electrons. The van der Waals surface area contributed by atoms with Gasteiger partial charge in [0.1, 0.15) is 5.82 Å². The molecule has 0 atom stereocenters. The molecule has 0 radical (unpaired) electrons. The second-order valence-electron chi connectivity index (χ2n) is 2.62. The maximum atomic E-state index is 12.7. The monoisotopic (exact) mass is 248 g/mol. The fourth-order valence-electron chi connectivity index (χ4n) is 0.988. The molecular formula is C8H3ClF6. The molecule has 1 aromatic carbocycles. The van der Waals surface area contributed by atoms with Crippen LogP contribution >= 0.6 is 11.6 Å². The Bertz CT molecular complexity index is 370. The van der Waals surface area contributed by atoms with E-state index in [9.17, 15) is 26.3 Å². The van der Waals surface area contributed by atoms with Crippen LogP contribution in [0.15, 0.2) is 12.1 Å². The van der Waals surface area contributed by atoms with Gasteiger partial charge in [0.05, 0.1) is 16.1 Å². The summed E-state index contributed by atoms with van der Waals surface area (Å²) in [6, 6.07) is 0.639. The minimum atomic E-state index is -4.88. The lowest BCUT2D eigenvalue weighted by atomic mass is 10.1. The number of hydrogen-bond donors (Lipinski definition) is 0. The van der Waals surface area contributed by atoms with Gasteiger partial charge in [0.25, 0.3) is 6.43 Å². The summed E-state index contributed by atoms with van der Waals surface area (Å²) in [5.74, 6) is -1.46. The number of halogens is 7. The van der Waals surface area contributed by atoms with E-state index in [1.165, 1.54) is 0 Å². The number of alkyl halides is 5. The van der Waals surface area contributed by atoms with Gasteiger partial charge in [-0.05, 0) is 12.1 Å². The second kappa shape index (κ2) is 3.92. The molecule has 0 nitrogen and oxygen atoms in total. The van der Waals surface area contributed by atoms with Crippen molar-refractivity contribution >= 4 is 11.6 Å². The average Bonchev–Trinajstić information content (AvgIpc) is 2.00. The van der Waals surface area contributed by atoms with Crippen molar-refractivity contribution in [3.05, 3.63) is 34.1 Å². The Balaban J connectivity index is 3.42. The molecule has 0 saturated heterocycles. The summed E-state index contributed by atoms with van der Waals surface area (Å²) in [7, 11) is 0. The summed E-state index contributed by atoms with van der Waals surface area (Å²) < 4.78 is 73.6. The molecule has 0 aliphatic carbocycles. The summed E-state index contributed by atoms with van der Waals surface area (Å²) in [5, 5.41) is -1.29. The summed E-state index contributed by atoms with van der Waals surface area (Å²) in [6.07, 6.45) is -8.27. The van der Waals surface area contributed by atoms with Crippen molar-refractivity contribution < 1.29 is 26.3 Å². The van der Waals surface area contributed by atoms with Gasteiger partial charge in [-0.1, -0.05) is 11.6 Å². The minimum absolute atomic E-state index is 0.316. The lowest BCUT2D eigenvalue weighted by Crippen LogP contribution is -2.08. The summed E-state index contributed by atoms with van der Waals surface area (Å²) in [6.45, 7) is 0. The molecule has 0 N–H and O–H groups in total. The van der Waals surface area contributed by atoms with Gasteiger partial charge in [-0.2, -0.15) is 13.2 Å². The van der Waals surface area contributed by atoms with Crippen LogP contribution in [-0.2, 0) is 6.18 Å². The fraction of sp³-hybridized carbons (Fsp3) is 0.250. The lowest BCUT2D eigenvalue weighted by Gasteiger charge is -2.12. The fourth-order valence-corrected chi connectivity index (χ4v) is 1.33. The third-order valence-corrected chi connectivity index (χ3v) is 2.06. The van der Waals surface area contributed by atoms with E-state index in [1.54, 1.807) is 0 Å². The zero-order valence-electron chi connectivity index (χ0n) is 6.88. The highest BCUT2D eigenvalue weighted by Gasteiger charge is 2.36. The van der Waals surface area contributed by atoms with Crippen molar-refractivity contribution in [1.82, 2.24) is 0 Å². The van der Waals surface area contributed by atoms with E-state index < -0.39 is 34.6 Å². The topological polar surface area (TPSA) is 0 Å². The van der Waals surface area contributed by atoms with Gasteiger partial charge >= 0.3 is 6.18 Å². The van der Waals surface area contributed by atoms with Crippen LogP contribution in [0.25, 0.3) is 0 Å². The first kappa shape index (κ1) is 12.2. The van der Waals surface area contributed by atoms with Crippen LogP contribution in [0.4, 0.5) is 26.3 Å². The van der Waals surface area contributed by atoms with Crippen LogP contribution in [0.3, 0.4) is 0 Å². The second-order valence-corrected chi connectivity index (χ2v) is 3.00. The normalized spacial score (nSPS) is 12.3. The Morgan fingerprint density at radius 3 is 2.07 bits per heavy atom. The van der Waals surface area contributed by atoms with Crippen molar-refractivity contribution in [2.75, 3.05) is 0 Å². The molecule has 0 bridgehead atoms. The Hall–Kier alpha value is -0.910. The third-order valence-electron chi connectivity index (χ3n) is 1.65. The van der Waals surface area contributed by atoms with Gasteiger partial charge < -0.3 is 0 Å². The van der Waals surface area contributed by atoms with Crippen molar-refractivity contribution in [3.63, 3.8) is 0 Å². The van der Waals surface area contributed by atoms with Gasteiger partial charge in [0.2, 0.25) is 0 Å². The van der Waals surface area contributed by atoms with E-state index >= 15 is 0 Å². The van der Waals surface area contributed by atoms with Gasteiger partial charge in [-0.15, -0.1) is 0 Å². The molecule has 0 unspecified atom stereocenters. The largest absolute Gasteiger partial charge is 0.417 e. The first-order chi connectivity index (χ1) is 6.75. The minimum Gasteiger partial charge on any atom is -0.206 e. The van der Waals surface area contributed by atoms with E-state index in [0.29, 0.717) is 12.1 Å². The van der Waals surface area contributed by atoms with Crippen molar-refractivity contribution in [2.24, 2.45) is 0 Å². The molecule has 15 heavy (non-hydrogen) atoms. The lowest BCUT2D eigenvalue weighted by molar-refractivity contribution is -0.137. The smallest absolute Gasteiger partial charge is 0.206 e. The average molecular weight is 249 g/mol. The van der Waals surface area contributed by atoms with Crippen molar-refractivity contribution in [3.8, 4) is 0 Å². The number of benzene rings is 1. The van der Waals surface area contributed by atoms with Gasteiger partial charge in [0.15, 0.2) is 0 Å². The highest BCUT2D eigenvalue weighted by molar-refractivity contribution is 6.32. The molecule has 0 fully saturated rings. The highest BCUT2D eigenvalue weighted by Crippen LogP contribution is 2.40. The maximum absolute atomic E-state index is 12.7. The quantitative estimate of drug-likeness (QED) is 0.645. The molecule has 0 saturated carbocycles. The van der Waals surface area contributed by atoms with Crippen molar-refractivity contribution in [1.29, 1.82) is 0 Å². The van der Waals surface area contributed by atoms with Crippen LogP contribution in [0.2, 0.25) is 5.02 Å². The van der Waals surface area contributed by atoms with E-state index in [0.717, 1.165) is 0 Å². The third kappa shape index (κ3) is 2.37. The van der Waals surface area contributed by atoms with Crippen LogP contribution in [-0.4, -0.2) is 0 Å². The van der Waals surface area contributed by atoms with Crippen LogP contribution in [0.5, 0.6) is 0 Å². The van der Waals surface area contributed by atoms with E-state index in [-0.39, 0.29) is 0 Å². The van der Waals surface area contributed by atoms with Crippen LogP contribution < -0.4 is 0 Å². The summed E-state index contributed by atoms with van der Waals surface area (Å²) >= 11 is 5.05. The number of rotatable bonds is 1. The standard InChI is InChI=1S/C8H3ClF6/c9-6-3(8(13,14)15)1-2-4(10)5(6)7(11)12/h1-2,7H. The molecule has 0 amide bonds. The maximum Gasteiger partial charge on any atom is 0.417 e. The Morgan fingerprint density at radius 2 is 1.67 bits per heavy atom. The first-order valence-corrected chi connectivity index (χ1v) is 3.96. The van der Waals surface area contributed by atoms with Crippen molar-refractivity contribution in [2.45, 2.75) is 12.6 Å². The molecule has 0 heterocycles. The molecule has 1 aromatic rings. The Kier molecular flexibility index (Phi) is 3.18. The van der Waals surface area contributed by atoms with Gasteiger partial charge in [0, 0.05) is 0 Å². The predicted octanol–water partition coefficient (Wildman–Crippen LogP) is 4.44. The van der Waals surface area contributed by atoms with E-state index in [4.69, 9.17) is 11.6 Å². The molecule has 0 aliphatic heterocycles. The summed E-state index contributed by atoms with van der Waals surface area (Å²) in [5.41, 5.74) is -2.90. The molecule has 7 heteroatoms. The van der Waals surface area contributed by atoms with Gasteiger partial charge in [-0.3, -0.25) is 0 Å². The zero-order chi connectivity index (χ0) is 11.8. The predicted molar refractivity (Wildman–Crippen MR) is 41.4 cm³/mol.